The van der Waals surface area contributed by atoms with Gasteiger partial charge in [0, 0.05) is 19.3 Å². The van der Waals surface area contributed by atoms with Crippen LogP contribution in [0.25, 0.3) is 5.82 Å². The molecule has 3 rings (SSSR count). The molecule has 3 heterocycles. The largest absolute Gasteiger partial charge is 0.466 e. The van der Waals surface area contributed by atoms with Crippen molar-refractivity contribution in [3.8, 4) is 5.82 Å². The summed E-state index contributed by atoms with van der Waals surface area (Å²) >= 11 is 3.43. The SMILES string of the molecule is CCOC(=O)C1CCCN(C(=O)c2cnc(-n3cnnc3)c(Br)c2)C1. The fraction of sp³-hybridized carbons (Fsp3) is 0.438. The zero-order valence-corrected chi connectivity index (χ0v) is 15.3. The normalized spacial score (nSPS) is 17.4. The van der Waals surface area contributed by atoms with E-state index < -0.39 is 0 Å². The van der Waals surface area contributed by atoms with E-state index in [0.717, 1.165) is 12.8 Å². The Morgan fingerprint density at radius 1 is 1.36 bits per heavy atom. The second-order valence-electron chi connectivity index (χ2n) is 5.74. The van der Waals surface area contributed by atoms with Crippen molar-refractivity contribution in [3.05, 3.63) is 35.0 Å². The molecule has 0 aliphatic carbocycles. The Bertz CT molecular complexity index is 765. The molecule has 25 heavy (non-hydrogen) atoms. The maximum atomic E-state index is 12.8. The molecule has 1 aliphatic rings. The third-order valence-corrected chi connectivity index (χ3v) is 4.64. The van der Waals surface area contributed by atoms with Crippen LogP contribution in [-0.4, -0.2) is 56.2 Å². The first kappa shape index (κ1) is 17.5. The summed E-state index contributed by atoms with van der Waals surface area (Å²) in [5.41, 5.74) is 0.466. The van der Waals surface area contributed by atoms with Gasteiger partial charge in [0.15, 0.2) is 5.82 Å². The molecule has 0 radical (unpaired) electrons. The maximum Gasteiger partial charge on any atom is 0.310 e. The molecule has 0 N–H and O–H groups in total. The second-order valence-corrected chi connectivity index (χ2v) is 6.60. The Kier molecular flexibility index (Phi) is 5.42. The molecule has 1 aliphatic heterocycles. The summed E-state index contributed by atoms with van der Waals surface area (Å²) in [5.74, 6) is -0.0327. The first-order valence-electron chi connectivity index (χ1n) is 8.06. The van der Waals surface area contributed by atoms with Crippen LogP contribution in [0, 0.1) is 5.92 Å². The highest BCUT2D eigenvalue weighted by atomic mass is 79.9. The minimum atomic E-state index is -0.259. The lowest BCUT2D eigenvalue weighted by Gasteiger charge is -2.31. The second kappa shape index (κ2) is 7.73. The number of likely N-dealkylation sites (tertiary alicyclic amines) is 1. The van der Waals surface area contributed by atoms with E-state index in [1.807, 2.05) is 0 Å². The number of amides is 1. The molecule has 0 aromatic carbocycles. The van der Waals surface area contributed by atoms with Crippen LogP contribution < -0.4 is 0 Å². The van der Waals surface area contributed by atoms with E-state index >= 15 is 0 Å². The highest BCUT2D eigenvalue weighted by Gasteiger charge is 2.30. The number of ether oxygens (including phenoxy) is 1. The first-order valence-corrected chi connectivity index (χ1v) is 8.86. The minimum absolute atomic E-state index is 0.141. The van der Waals surface area contributed by atoms with Crippen molar-refractivity contribution in [1.29, 1.82) is 0 Å². The molecular weight excluding hydrogens is 390 g/mol. The Balaban J connectivity index is 1.74. The van der Waals surface area contributed by atoms with Gasteiger partial charge in [0.1, 0.15) is 12.7 Å². The molecule has 1 saturated heterocycles. The van der Waals surface area contributed by atoms with Crippen LogP contribution in [0.3, 0.4) is 0 Å². The van der Waals surface area contributed by atoms with Gasteiger partial charge in [-0.1, -0.05) is 0 Å². The molecule has 0 saturated carbocycles. The minimum Gasteiger partial charge on any atom is -0.466 e. The zero-order valence-electron chi connectivity index (χ0n) is 13.8. The van der Waals surface area contributed by atoms with Crippen LogP contribution in [-0.2, 0) is 9.53 Å². The number of piperidine rings is 1. The topological polar surface area (TPSA) is 90.2 Å². The van der Waals surface area contributed by atoms with E-state index in [1.165, 1.54) is 18.9 Å². The van der Waals surface area contributed by atoms with E-state index in [0.29, 0.717) is 35.6 Å². The lowest BCUT2D eigenvalue weighted by molar-refractivity contribution is -0.149. The van der Waals surface area contributed by atoms with Crippen molar-refractivity contribution < 1.29 is 14.3 Å². The molecule has 1 unspecified atom stereocenters. The third kappa shape index (κ3) is 3.87. The first-order chi connectivity index (χ1) is 12.1. The summed E-state index contributed by atoms with van der Waals surface area (Å²) in [6, 6.07) is 1.72. The van der Waals surface area contributed by atoms with Crippen molar-refractivity contribution in [2.45, 2.75) is 19.8 Å². The molecule has 1 amide bonds. The van der Waals surface area contributed by atoms with Crippen molar-refractivity contribution in [2.24, 2.45) is 5.92 Å². The van der Waals surface area contributed by atoms with Crippen LogP contribution in [0.1, 0.15) is 30.1 Å². The average molecular weight is 408 g/mol. The lowest BCUT2D eigenvalue weighted by Crippen LogP contribution is -2.42. The molecule has 132 valence electrons. The summed E-state index contributed by atoms with van der Waals surface area (Å²) in [4.78, 5) is 30.7. The number of rotatable bonds is 4. The number of carbonyl (C=O) groups is 2. The highest BCUT2D eigenvalue weighted by molar-refractivity contribution is 9.10. The van der Waals surface area contributed by atoms with E-state index in [1.54, 1.807) is 22.5 Å². The highest BCUT2D eigenvalue weighted by Crippen LogP contribution is 2.23. The number of aromatic nitrogens is 4. The molecule has 1 fully saturated rings. The Morgan fingerprint density at radius 2 is 2.12 bits per heavy atom. The third-order valence-electron chi connectivity index (χ3n) is 4.06. The van der Waals surface area contributed by atoms with Gasteiger partial charge in [-0.3, -0.25) is 14.2 Å². The lowest BCUT2D eigenvalue weighted by atomic mass is 9.97. The summed E-state index contributed by atoms with van der Waals surface area (Å²) in [6.07, 6.45) is 6.11. The predicted molar refractivity (Wildman–Crippen MR) is 92.1 cm³/mol. The predicted octanol–water partition coefficient (Wildman–Crippen LogP) is 1.84. The molecule has 2 aromatic heterocycles. The maximum absolute atomic E-state index is 12.8. The van der Waals surface area contributed by atoms with Crippen LogP contribution in [0.15, 0.2) is 29.4 Å². The molecule has 8 nitrogen and oxygen atoms in total. The number of carbonyl (C=O) groups excluding carboxylic acids is 2. The Labute approximate surface area is 153 Å². The fourth-order valence-corrected chi connectivity index (χ4v) is 3.40. The number of halogens is 1. The van der Waals surface area contributed by atoms with Gasteiger partial charge >= 0.3 is 5.97 Å². The summed E-state index contributed by atoms with van der Waals surface area (Å²) in [5, 5.41) is 7.49. The molecule has 9 heteroatoms. The average Bonchev–Trinajstić information content (AvgIpc) is 3.15. The fourth-order valence-electron chi connectivity index (χ4n) is 2.84. The Hall–Kier alpha value is -2.29. The van der Waals surface area contributed by atoms with Gasteiger partial charge in [0.2, 0.25) is 0 Å². The van der Waals surface area contributed by atoms with Gasteiger partial charge < -0.3 is 9.64 Å². The number of pyridine rings is 1. The summed E-state index contributed by atoms with van der Waals surface area (Å²) in [7, 11) is 0. The molecule has 0 spiro atoms. The zero-order chi connectivity index (χ0) is 17.8. The summed E-state index contributed by atoms with van der Waals surface area (Å²) < 4.78 is 7.39. The van der Waals surface area contributed by atoms with Gasteiger partial charge in [-0.25, -0.2) is 4.98 Å². The van der Waals surface area contributed by atoms with Crippen LogP contribution >= 0.6 is 15.9 Å². The molecule has 0 bridgehead atoms. The molecule has 2 aromatic rings. The van der Waals surface area contributed by atoms with Crippen molar-refractivity contribution in [3.63, 3.8) is 0 Å². The van der Waals surface area contributed by atoms with Gasteiger partial charge in [0.05, 0.1) is 22.6 Å². The van der Waals surface area contributed by atoms with Gasteiger partial charge in [-0.15, -0.1) is 10.2 Å². The van der Waals surface area contributed by atoms with Crippen molar-refractivity contribution >= 4 is 27.8 Å². The number of esters is 1. The monoisotopic (exact) mass is 407 g/mol. The number of nitrogens with zero attached hydrogens (tertiary/aromatic N) is 5. The number of hydrogen-bond donors (Lipinski definition) is 0. The van der Waals surface area contributed by atoms with Gasteiger partial charge in [-0.05, 0) is 41.8 Å². The van der Waals surface area contributed by atoms with E-state index in [9.17, 15) is 9.59 Å². The van der Waals surface area contributed by atoms with Crippen LogP contribution in [0.4, 0.5) is 0 Å². The van der Waals surface area contributed by atoms with Crippen LogP contribution in [0.2, 0.25) is 0 Å². The summed E-state index contributed by atoms with van der Waals surface area (Å²) in [6.45, 7) is 3.14. The van der Waals surface area contributed by atoms with Gasteiger partial charge in [-0.2, -0.15) is 0 Å². The van der Waals surface area contributed by atoms with E-state index in [4.69, 9.17) is 4.74 Å². The van der Waals surface area contributed by atoms with Crippen molar-refractivity contribution in [1.82, 2.24) is 24.6 Å². The quantitative estimate of drug-likeness (QED) is 0.718. The van der Waals surface area contributed by atoms with Crippen LogP contribution in [0.5, 0.6) is 0 Å². The molecule has 1 atom stereocenters. The smallest absolute Gasteiger partial charge is 0.310 e. The standard InChI is InChI=1S/C16H18BrN5O3/c1-2-25-16(24)11-4-3-5-21(8-11)15(23)12-6-13(17)14(18-7-12)22-9-19-20-10-22/h6-7,9-11H,2-5,8H2,1H3. The van der Waals surface area contributed by atoms with Gasteiger partial charge in [0.25, 0.3) is 5.91 Å². The van der Waals surface area contributed by atoms with E-state index in [-0.39, 0.29) is 17.8 Å². The Morgan fingerprint density at radius 3 is 2.80 bits per heavy atom. The van der Waals surface area contributed by atoms with E-state index in [2.05, 4.69) is 31.1 Å². The molecular formula is C16H18BrN5O3. The number of hydrogen-bond acceptors (Lipinski definition) is 6. The van der Waals surface area contributed by atoms with Crippen molar-refractivity contribution in [2.75, 3.05) is 19.7 Å².